The van der Waals surface area contributed by atoms with Crippen LogP contribution in [0.15, 0.2) is 65.6 Å². The number of nitrogens with zero attached hydrogens (tertiary/aromatic N) is 1. The summed E-state index contributed by atoms with van der Waals surface area (Å²) < 4.78 is 34.9. The van der Waals surface area contributed by atoms with E-state index in [9.17, 15) is 13.0 Å². The monoisotopic (exact) mass is 431 g/mol. The molecule has 2 aromatic carbocycles. The molecule has 28 heavy (non-hydrogen) atoms. The smallest absolute Gasteiger partial charge is 0.280 e. The fraction of sp³-hybridized carbons (Fsp3) is 0.190. The molecule has 0 saturated carbocycles. The van der Waals surface area contributed by atoms with E-state index in [0.29, 0.717) is 0 Å². The van der Waals surface area contributed by atoms with Gasteiger partial charge in [0.2, 0.25) is 5.52 Å². The lowest BCUT2D eigenvalue weighted by atomic mass is 10.2. The Kier molecular flexibility index (Phi) is 6.30. The van der Waals surface area contributed by atoms with Crippen molar-refractivity contribution >= 4 is 43.0 Å². The van der Waals surface area contributed by atoms with Crippen molar-refractivity contribution < 1.29 is 17.5 Å². The fourth-order valence-electron chi connectivity index (χ4n) is 2.79. The summed E-state index contributed by atoms with van der Waals surface area (Å²) >= 11 is 3.76. The zero-order valence-corrected chi connectivity index (χ0v) is 18.3. The number of thiazole rings is 1. The van der Waals surface area contributed by atoms with E-state index in [-0.39, 0.29) is 4.90 Å². The zero-order chi connectivity index (χ0) is 20.3. The minimum atomic E-state index is -4.27. The standard InChI is InChI=1S/C14H14NS2.C7H8O3S/c1-3-15-11-6-4-5-7-12(11)17-14(15)13-9-8-10(2)16-13;1-6-2-4-7(5-3-6)11(8,9)10/h4-9H,3H2,1-2H3;2-5H,1H3,(H,8,9,10)/q+1;/p-1. The van der Waals surface area contributed by atoms with Crippen LogP contribution in [0.5, 0.6) is 0 Å². The minimum absolute atomic E-state index is 0.178. The SMILES string of the molecule is CC[n+]1c(-c2ccc(C)s2)sc2ccccc21.Cc1ccc(S(=O)(=O)[O-])cc1. The Morgan fingerprint density at radius 1 is 0.929 bits per heavy atom. The van der Waals surface area contributed by atoms with Crippen molar-refractivity contribution in [1.29, 1.82) is 0 Å². The van der Waals surface area contributed by atoms with E-state index in [1.807, 2.05) is 29.6 Å². The lowest BCUT2D eigenvalue weighted by molar-refractivity contribution is -0.652. The molecule has 0 unspecified atom stereocenters. The van der Waals surface area contributed by atoms with Gasteiger partial charge in [-0.25, -0.2) is 8.42 Å². The Morgan fingerprint density at radius 3 is 2.18 bits per heavy atom. The quantitative estimate of drug-likeness (QED) is 0.333. The van der Waals surface area contributed by atoms with Gasteiger partial charge in [-0.15, -0.1) is 11.3 Å². The van der Waals surface area contributed by atoms with E-state index in [1.54, 1.807) is 12.1 Å². The van der Waals surface area contributed by atoms with Gasteiger partial charge in [-0.05, 0) is 51.1 Å². The van der Waals surface area contributed by atoms with E-state index in [2.05, 4.69) is 54.8 Å². The van der Waals surface area contributed by atoms with Crippen molar-refractivity contribution in [3.8, 4) is 9.88 Å². The van der Waals surface area contributed by atoms with Crippen molar-refractivity contribution in [2.24, 2.45) is 0 Å². The van der Waals surface area contributed by atoms with Gasteiger partial charge in [0.1, 0.15) is 26.2 Å². The van der Waals surface area contributed by atoms with Crippen molar-refractivity contribution in [2.75, 3.05) is 0 Å². The van der Waals surface area contributed by atoms with Crippen molar-refractivity contribution in [3.05, 3.63) is 71.1 Å². The fourth-order valence-corrected chi connectivity index (χ4v) is 5.47. The predicted molar refractivity (Wildman–Crippen MR) is 115 cm³/mol. The molecule has 4 nitrogen and oxygen atoms in total. The topological polar surface area (TPSA) is 61.1 Å². The molecular weight excluding hydrogens is 410 g/mol. The van der Waals surface area contributed by atoms with Gasteiger partial charge in [-0.1, -0.05) is 41.2 Å². The third-order valence-corrected chi connectivity index (χ3v) is 7.37. The Balaban J connectivity index is 0.000000178. The molecule has 2 heterocycles. The summed E-state index contributed by atoms with van der Waals surface area (Å²) in [5.74, 6) is 0. The van der Waals surface area contributed by atoms with Crippen molar-refractivity contribution in [3.63, 3.8) is 0 Å². The van der Waals surface area contributed by atoms with Gasteiger partial charge in [0, 0.05) is 10.9 Å². The van der Waals surface area contributed by atoms with Gasteiger partial charge in [0.15, 0.2) is 0 Å². The summed E-state index contributed by atoms with van der Waals surface area (Å²) in [6.07, 6.45) is 0. The maximum atomic E-state index is 10.4. The van der Waals surface area contributed by atoms with Gasteiger partial charge >= 0.3 is 0 Å². The van der Waals surface area contributed by atoms with E-state index in [1.165, 1.54) is 37.1 Å². The maximum absolute atomic E-state index is 10.4. The largest absolute Gasteiger partial charge is 0.744 e. The Morgan fingerprint density at radius 2 is 1.61 bits per heavy atom. The molecule has 0 saturated heterocycles. The number of aromatic nitrogens is 1. The Labute approximate surface area is 173 Å². The molecule has 0 aliphatic carbocycles. The lowest BCUT2D eigenvalue weighted by Crippen LogP contribution is -2.32. The van der Waals surface area contributed by atoms with Crippen LogP contribution in [0.3, 0.4) is 0 Å². The summed E-state index contributed by atoms with van der Waals surface area (Å²) in [5.41, 5.74) is 2.28. The number of hydrogen-bond donors (Lipinski definition) is 0. The van der Waals surface area contributed by atoms with E-state index < -0.39 is 10.1 Å². The van der Waals surface area contributed by atoms with Gasteiger partial charge in [0.05, 0.1) is 4.90 Å². The van der Waals surface area contributed by atoms with Crippen LogP contribution in [0, 0.1) is 13.8 Å². The number of thiophene rings is 1. The molecule has 0 aliphatic rings. The van der Waals surface area contributed by atoms with Crippen LogP contribution in [0.2, 0.25) is 0 Å². The number of hydrogen-bond acceptors (Lipinski definition) is 5. The molecule has 0 amide bonds. The first kappa shape index (κ1) is 20.7. The van der Waals surface area contributed by atoms with E-state index in [4.69, 9.17) is 0 Å². The second-order valence-corrected chi connectivity index (χ2v) is 9.99. The first-order valence-corrected chi connectivity index (χ1v) is 11.8. The van der Waals surface area contributed by atoms with Crippen molar-refractivity contribution in [2.45, 2.75) is 32.2 Å². The average Bonchev–Trinajstić information content (AvgIpc) is 3.24. The second-order valence-electron chi connectivity index (χ2n) is 6.30. The minimum Gasteiger partial charge on any atom is -0.744 e. The normalized spacial score (nSPS) is 11.3. The number of benzene rings is 2. The van der Waals surface area contributed by atoms with Gasteiger partial charge in [-0.2, -0.15) is 4.57 Å². The van der Waals surface area contributed by atoms with Crippen LogP contribution >= 0.6 is 22.7 Å². The highest BCUT2D eigenvalue weighted by molar-refractivity contribution is 7.85. The third kappa shape index (κ3) is 4.67. The molecule has 2 aromatic heterocycles. The predicted octanol–water partition coefficient (Wildman–Crippen LogP) is 5.14. The zero-order valence-electron chi connectivity index (χ0n) is 15.9. The second kappa shape index (κ2) is 8.53. The summed E-state index contributed by atoms with van der Waals surface area (Å²) in [6.45, 7) is 7.22. The van der Waals surface area contributed by atoms with Gasteiger partial charge < -0.3 is 4.55 Å². The number of para-hydroxylation sites is 1. The molecule has 0 N–H and O–H groups in total. The van der Waals surface area contributed by atoms with Crippen molar-refractivity contribution in [1.82, 2.24) is 0 Å². The molecule has 0 aliphatic heterocycles. The number of fused-ring (bicyclic) bond motifs is 1. The lowest BCUT2D eigenvalue weighted by Gasteiger charge is -2.05. The molecule has 0 atom stereocenters. The first-order valence-electron chi connectivity index (χ1n) is 8.80. The number of aryl methyl sites for hydroxylation is 3. The summed E-state index contributed by atoms with van der Waals surface area (Å²) in [7, 11) is -4.27. The molecule has 4 aromatic rings. The highest BCUT2D eigenvalue weighted by atomic mass is 32.2. The number of rotatable bonds is 3. The van der Waals surface area contributed by atoms with Crippen LogP contribution in [0.4, 0.5) is 0 Å². The highest BCUT2D eigenvalue weighted by Crippen LogP contribution is 2.32. The van der Waals surface area contributed by atoms with Crippen LogP contribution in [0.1, 0.15) is 17.4 Å². The molecule has 146 valence electrons. The summed E-state index contributed by atoms with van der Waals surface area (Å²) in [6, 6.07) is 18.9. The van der Waals surface area contributed by atoms with E-state index >= 15 is 0 Å². The molecule has 7 heteroatoms. The molecule has 0 spiro atoms. The van der Waals surface area contributed by atoms with Crippen LogP contribution < -0.4 is 4.57 Å². The molecule has 0 radical (unpaired) electrons. The Bertz CT molecular complexity index is 1190. The molecule has 0 fully saturated rings. The summed E-state index contributed by atoms with van der Waals surface area (Å²) in [4.78, 5) is 2.58. The molecule has 4 rings (SSSR count). The Hall–Kier alpha value is -2.06. The summed E-state index contributed by atoms with van der Waals surface area (Å²) in [5, 5.41) is 1.38. The molecule has 0 bridgehead atoms. The maximum Gasteiger partial charge on any atom is 0.280 e. The van der Waals surface area contributed by atoms with E-state index in [0.717, 1.165) is 12.1 Å². The average molecular weight is 432 g/mol. The van der Waals surface area contributed by atoms with Crippen LogP contribution in [-0.4, -0.2) is 13.0 Å². The first-order chi connectivity index (χ1) is 13.3. The van der Waals surface area contributed by atoms with Crippen LogP contribution in [-0.2, 0) is 16.7 Å². The van der Waals surface area contributed by atoms with Gasteiger partial charge in [-0.3, -0.25) is 0 Å². The highest BCUT2D eigenvalue weighted by Gasteiger charge is 2.21. The third-order valence-electron chi connectivity index (χ3n) is 4.18. The van der Waals surface area contributed by atoms with Gasteiger partial charge in [0.25, 0.3) is 5.01 Å². The van der Waals surface area contributed by atoms with Crippen LogP contribution in [0.25, 0.3) is 20.1 Å². The molecular formula is C21H21NO3S3.